The minimum absolute atomic E-state index is 0.346. The molecule has 0 saturated heterocycles. The summed E-state index contributed by atoms with van der Waals surface area (Å²) in [4.78, 5) is 13.4. The summed E-state index contributed by atoms with van der Waals surface area (Å²) in [7, 11) is 0. The molecule has 2 heterocycles. The first-order chi connectivity index (χ1) is 15.0. The second-order valence-electron chi connectivity index (χ2n) is 7.54. The Morgan fingerprint density at radius 2 is 1.81 bits per heavy atom. The summed E-state index contributed by atoms with van der Waals surface area (Å²) in [5, 5.41) is 10.7. The predicted octanol–water partition coefficient (Wildman–Crippen LogP) is 5.27. The number of hydroxylamine groups is 1. The van der Waals surface area contributed by atoms with Gasteiger partial charge in [-0.15, -0.1) is 0 Å². The van der Waals surface area contributed by atoms with Crippen LogP contribution in [0.4, 0.5) is 0 Å². The van der Waals surface area contributed by atoms with Crippen molar-refractivity contribution in [1.29, 1.82) is 0 Å². The number of rotatable bonds is 5. The van der Waals surface area contributed by atoms with Gasteiger partial charge in [0, 0.05) is 28.9 Å². The lowest BCUT2D eigenvalue weighted by Gasteiger charge is -2.10. The Balaban J connectivity index is 1.61. The molecular weight excluding hydrogens is 388 g/mol. The lowest BCUT2D eigenvalue weighted by molar-refractivity contribution is 0.234. The maximum absolute atomic E-state index is 9.67. The van der Waals surface area contributed by atoms with Crippen molar-refractivity contribution < 1.29 is 9.94 Å². The highest BCUT2D eigenvalue weighted by molar-refractivity contribution is 5.98. The van der Waals surface area contributed by atoms with E-state index >= 15 is 0 Å². The van der Waals surface area contributed by atoms with E-state index in [0.29, 0.717) is 29.6 Å². The Kier molecular flexibility index (Phi) is 5.91. The van der Waals surface area contributed by atoms with E-state index in [9.17, 15) is 5.21 Å². The second kappa shape index (κ2) is 8.93. The van der Waals surface area contributed by atoms with Crippen molar-refractivity contribution in [2.75, 3.05) is 0 Å². The number of hydrogen-bond donors (Lipinski definition) is 2. The molecule has 0 saturated carbocycles. The summed E-state index contributed by atoms with van der Waals surface area (Å²) in [6.07, 6.45) is 1.62. The Morgan fingerprint density at radius 3 is 2.58 bits per heavy atom. The number of aromatic nitrogens is 2. The number of nitrogens with one attached hydrogen (secondary N) is 1. The van der Waals surface area contributed by atoms with Crippen LogP contribution in [0.25, 0.3) is 10.9 Å². The Hall–Kier alpha value is -3.77. The number of aryl methyl sites for hydroxylation is 3. The van der Waals surface area contributed by atoms with Gasteiger partial charge in [-0.05, 0) is 44.5 Å². The fourth-order valence-electron chi connectivity index (χ4n) is 3.55. The summed E-state index contributed by atoms with van der Waals surface area (Å²) >= 11 is 0. The zero-order valence-electron chi connectivity index (χ0n) is 17.8. The Labute approximate surface area is 181 Å². The number of pyridine rings is 2. The van der Waals surface area contributed by atoms with Crippen LogP contribution in [0, 0.1) is 20.8 Å². The first kappa shape index (κ1) is 20.5. The molecule has 0 aliphatic rings. The molecule has 31 heavy (non-hydrogen) atoms. The van der Waals surface area contributed by atoms with Gasteiger partial charge < -0.3 is 4.74 Å². The normalized spacial score (nSPS) is 11.5. The van der Waals surface area contributed by atoms with Gasteiger partial charge in [0.1, 0.15) is 5.52 Å². The number of nitrogens with zero attached hydrogens (tertiary/aromatic N) is 3. The topological polar surface area (TPSA) is 79.6 Å². The number of fused-ring (bicyclic) bond motifs is 1. The average molecular weight is 412 g/mol. The van der Waals surface area contributed by atoms with E-state index < -0.39 is 0 Å². The molecule has 0 aliphatic heterocycles. The van der Waals surface area contributed by atoms with Crippen LogP contribution in [0.3, 0.4) is 0 Å². The van der Waals surface area contributed by atoms with Crippen molar-refractivity contribution in [3.05, 3.63) is 94.8 Å². The van der Waals surface area contributed by atoms with E-state index in [0.717, 1.165) is 22.2 Å². The summed E-state index contributed by atoms with van der Waals surface area (Å²) in [5.74, 6) is 1.36. The number of benzene rings is 2. The number of para-hydroxylation sites is 1. The van der Waals surface area contributed by atoms with Crippen molar-refractivity contribution in [3.63, 3.8) is 0 Å². The molecule has 0 amide bonds. The van der Waals surface area contributed by atoms with Crippen molar-refractivity contribution >= 4 is 16.7 Å². The van der Waals surface area contributed by atoms with Crippen LogP contribution in [0.1, 0.15) is 27.9 Å². The van der Waals surface area contributed by atoms with E-state index in [1.54, 1.807) is 18.3 Å². The molecule has 4 rings (SSSR count). The van der Waals surface area contributed by atoms with E-state index in [-0.39, 0.29) is 0 Å². The van der Waals surface area contributed by atoms with Crippen LogP contribution in [0.2, 0.25) is 0 Å². The molecule has 0 unspecified atom stereocenters. The van der Waals surface area contributed by atoms with Gasteiger partial charge in [0.2, 0.25) is 5.88 Å². The first-order valence-electron chi connectivity index (χ1n) is 10.0. The average Bonchev–Trinajstić information content (AvgIpc) is 2.74. The summed E-state index contributed by atoms with van der Waals surface area (Å²) in [5.41, 5.74) is 8.00. The highest BCUT2D eigenvalue weighted by Gasteiger charge is 2.09. The van der Waals surface area contributed by atoms with Crippen LogP contribution >= 0.6 is 0 Å². The molecule has 4 aromatic rings. The van der Waals surface area contributed by atoms with Crippen molar-refractivity contribution in [3.8, 4) is 11.6 Å². The van der Waals surface area contributed by atoms with Crippen molar-refractivity contribution in [2.45, 2.75) is 27.3 Å². The third-order valence-corrected chi connectivity index (χ3v) is 4.85. The molecule has 0 bridgehead atoms. The summed E-state index contributed by atoms with van der Waals surface area (Å²) in [6.45, 7) is 6.50. The monoisotopic (exact) mass is 412 g/mol. The zero-order valence-corrected chi connectivity index (χ0v) is 17.8. The van der Waals surface area contributed by atoms with Gasteiger partial charge in [0.05, 0.1) is 6.54 Å². The summed E-state index contributed by atoms with van der Waals surface area (Å²) < 4.78 is 6.04. The smallest absolute Gasteiger partial charge is 0.220 e. The maximum Gasteiger partial charge on any atom is 0.220 e. The number of aliphatic imine (C=N–C) groups is 1. The molecular formula is C25H24N4O2. The highest BCUT2D eigenvalue weighted by Crippen LogP contribution is 2.28. The standard InChI is InChI=1S/C25H24N4O2/c1-16-11-17(2)13-19(12-16)15-27-25(29-30)21-9-10-26-23(14-21)31-22-6-4-5-20-8-7-18(3)28-24(20)22/h4-14,30H,15H2,1-3H3,(H,27,29). The van der Waals surface area contributed by atoms with Gasteiger partial charge in [-0.2, -0.15) is 0 Å². The highest BCUT2D eigenvalue weighted by atomic mass is 16.5. The third kappa shape index (κ3) is 4.87. The van der Waals surface area contributed by atoms with Gasteiger partial charge in [-0.3, -0.25) is 15.7 Å². The van der Waals surface area contributed by atoms with Crippen molar-refractivity contribution in [1.82, 2.24) is 15.4 Å². The fraction of sp³-hybridized carbons (Fsp3) is 0.160. The van der Waals surface area contributed by atoms with Crippen LogP contribution in [0.15, 0.2) is 71.9 Å². The number of amidine groups is 1. The molecule has 2 aromatic heterocycles. The minimum Gasteiger partial charge on any atom is -0.437 e. The second-order valence-corrected chi connectivity index (χ2v) is 7.54. The quantitative estimate of drug-likeness (QED) is 0.265. The molecule has 0 spiro atoms. The number of ether oxygens (including phenoxy) is 1. The van der Waals surface area contributed by atoms with Gasteiger partial charge in [0.25, 0.3) is 0 Å². The van der Waals surface area contributed by atoms with E-state index in [2.05, 4.69) is 52.5 Å². The fourth-order valence-corrected chi connectivity index (χ4v) is 3.55. The minimum atomic E-state index is 0.346. The van der Waals surface area contributed by atoms with Gasteiger partial charge in [0.15, 0.2) is 11.6 Å². The molecule has 6 heteroatoms. The molecule has 6 nitrogen and oxygen atoms in total. The predicted molar refractivity (Wildman–Crippen MR) is 122 cm³/mol. The first-order valence-corrected chi connectivity index (χ1v) is 10.0. The van der Waals surface area contributed by atoms with E-state index in [1.165, 1.54) is 11.1 Å². The zero-order chi connectivity index (χ0) is 21.8. The lowest BCUT2D eigenvalue weighted by Crippen LogP contribution is -2.20. The van der Waals surface area contributed by atoms with Gasteiger partial charge in [-0.25, -0.2) is 9.97 Å². The molecule has 0 radical (unpaired) electrons. The van der Waals surface area contributed by atoms with Crippen LogP contribution in [0.5, 0.6) is 11.6 Å². The lowest BCUT2D eigenvalue weighted by atomic mass is 10.1. The Morgan fingerprint density at radius 1 is 1.00 bits per heavy atom. The van der Waals surface area contributed by atoms with E-state index in [1.807, 2.05) is 37.3 Å². The summed E-state index contributed by atoms with van der Waals surface area (Å²) in [6, 6.07) is 19.6. The van der Waals surface area contributed by atoms with E-state index in [4.69, 9.17) is 4.74 Å². The molecule has 156 valence electrons. The van der Waals surface area contributed by atoms with Crippen molar-refractivity contribution in [2.24, 2.45) is 4.99 Å². The van der Waals surface area contributed by atoms with Crippen LogP contribution in [-0.2, 0) is 6.54 Å². The SMILES string of the molecule is Cc1cc(C)cc(CN=C(NO)c2ccnc(Oc3cccc4ccc(C)nc34)c2)c1. The molecule has 0 atom stereocenters. The molecule has 2 N–H and O–H groups in total. The molecule has 2 aromatic carbocycles. The largest absolute Gasteiger partial charge is 0.437 e. The third-order valence-electron chi connectivity index (χ3n) is 4.85. The Bertz CT molecular complexity index is 1250. The van der Waals surface area contributed by atoms with Gasteiger partial charge >= 0.3 is 0 Å². The van der Waals surface area contributed by atoms with Gasteiger partial charge in [-0.1, -0.05) is 47.5 Å². The number of hydrogen-bond acceptors (Lipinski definition) is 5. The van der Waals surface area contributed by atoms with Crippen LogP contribution in [-0.4, -0.2) is 21.0 Å². The molecule has 0 fully saturated rings. The molecule has 0 aliphatic carbocycles. The van der Waals surface area contributed by atoms with Crippen LogP contribution < -0.4 is 10.2 Å². The maximum atomic E-state index is 9.67.